The lowest BCUT2D eigenvalue weighted by atomic mass is 9.73. The summed E-state index contributed by atoms with van der Waals surface area (Å²) >= 11 is 0. The molecule has 2 aliphatic rings. The maximum absolute atomic E-state index is 13.7. The van der Waals surface area contributed by atoms with Gasteiger partial charge in [0.05, 0.1) is 5.56 Å². The average Bonchev–Trinajstić information content (AvgIpc) is 3.41. The number of carbonyl (C=O) groups excluding carboxylic acids is 2. The van der Waals surface area contributed by atoms with Gasteiger partial charge in [0.2, 0.25) is 5.91 Å². The Balaban J connectivity index is 1.02. The summed E-state index contributed by atoms with van der Waals surface area (Å²) in [5.74, 6) is -0.659. The highest BCUT2D eigenvalue weighted by Crippen LogP contribution is 2.51. The quantitative estimate of drug-likeness (QED) is 0.121. The number of hydrogen-bond donors (Lipinski definition) is 2. The maximum atomic E-state index is 13.7. The highest BCUT2D eigenvalue weighted by atomic mass is 19.4. The van der Waals surface area contributed by atoms with Crippen LogP contribution in [0, 0.1) is 5.92 Å². The summed E-state index contributed by atoms with van der Waals surface area (Å²) in [6.07, 6.45) is -5.46. The van der Waals surface area contributed by atoms with E-state index in [-0.39, 0.29) is 11.8 Å². The van der Waals surface area contributed by atoms with Gasteiger partial charge < -0.3 is 15.5 Å². The van der Waals surface area contributed by atoms with Gasteiger partial charge in [-0.2, -0.15) is 26.3 Å². The number of amides is 2. The van der Waals surface area contributed by atoms with E-state index in [9.17, 15) is 35.9 Å². The van der Waals surface area contributed by atoms with E-state index in [1.165, 1.54) is 12.1 Å². The van der Waals surface area contributed by atoms with Crippen LogP contribution >= 0.6 is 0 Å². The van der Waals surface area contributed by atoms with Crippen molar-refractivity contribution in [2.24, 2.45) is 5.92 Å². The van der Waals surface area contributed by atoms with Crippen molar-refractivity contribution < 1.29 is 35.9 Å². The van der Waals surface area contributed by atoms with Gasteiger partial charge in [-0.25, -0.2) is 0 Å². The first-order valence-corrected chi connectivity index (χ1v) is 17.2. The molecule has 6 rings (SSSR count). The third-order valence-electron chi connectivity index (χ3n) is 10.1. The average molecular weight is 708 g/mol. The molecule has 0 unspecified atom stereocenters. The molecule has 268 valence electrons. The molecule has 2 amide bonds. The first kappa shape index (κ1) is 36.2. The molecule has 2 N–H and O–H groups in total. The lowest BCUT2D eigenvalue weighted by Gasteiger charge is -2.33. The van der Waals surface area contributed by atoms with Crippen molar-refractivity contribution in [3.8, 4) is 22.3 Å². The van der Waals surface area contributed by atoms with Crippen LogP contribution in [-0.4, -0.2) is 55.6 Å². The van der Waals surface area contributed by atoms with E-state index in [0.717, 1.165) is 73.3 Å². The van der Waals surface area contributed by atoms with Gasteiger partial charge in [0.1, 0.15) is 12.0 Å². The number of hydrogen-bond acceptors (Lipinski definition) is 3. The molecule has 11 heteroatoms. The van der Waals surface area contributed by atoms with E-state index in [0.29, 0.717) is 36.1 Å². The highest BCUT2D eigenvalue weighted by Gasteiger charge is 2.49. The van der Waals surface area contributed by atoms with Crippen molar-refractivity contribution in [3.05, 3.63) is 119 Å². The minimum absolute atomic E-state index is 0.260. The minimum atomic E-state index is -4.52. The Labute approximate surface area is 293 Å². The zero-order valence-corrected chi connectivity index (χ0v) is 27.9. The number of nitrogens with one attached hydrogen (secondary N) is 2. The molecular formula is C40H39F6N3O2. The number of unbranched alkanes of at least 4 members (excludes halogenated alkanes) is 1. The lowest BCUT2D eigenvalue weighted by molar-refractivity contribution is -0.141. The molecule has 1 heterocycles. The van der Waals surface area contributed by atoms with Crippen LogP contribution in [0.4, 0.5) is 26.3 Å². The van der Waals surface area contributed by atoms with Gasteiger partial charge in [-0.1, -0.05) is 85.3 Å². The maximum Gasteiger partial charge on any atom is 0.416 e. The molecule has 0 atom stereocenters. The predicted molar refractivity (Wildman–Crippen MR) is 184 cm³/mol. The predicted octanol–water partition coefficient (Wildman–Crippen LogP) is 8.63. The third kappa shape index (κ3) is 7.98. The van der Waals surface area contributed by atoms with Crippen LogP contribution in [0.2, 0.25) is 0 Å². The summed E-state index contributed by atoms with van der Waals surface area (Å²) in [7, 11) is 0. The zero-order valence-electron chi connectivity index (χ0n) is 27.9. The van der Waals surface area contributed by atoms with Gasteiger partial charge in [-0.05, 0) is 103 Å². The second-order valence-corrected chi connectivity index (χ2v) is 13.4. The van der Waals surface area contributed by atoms with E-state index in [1.54, 1.807) is 24.3 Å². The Morgan fingerprint density at radius 2 is 1.27 bits per heavy atom. The molecule has 1 aliphatic heterocycles. The molecule has 1 saturated heterocycles. The number of nitrogens with zero attached hydrogens (tertiary/aromatic N) is 1. The van der Waals surface area contributed by atoms with Gasteiger partial charge >= 0.3 is 12.4 Å². The molecule has 4 aromatic rings. The van der Waals surface area contributed by atoms with Crippen LogP contribution in [0.25, 0.3) is 22.3 Å². The number of halogens is 6. The zero-order chi connectivity index (χ0) is 36.2. The smallest absolute Gasteiger partial charge is 0.352 e. The van der Waals surface area contributed by atoms with Crippen LogP contribution in [0.5, 0.6) is 0 Å². The fourth-order valence-corrected chi connectivity index (χ4v) is 7.53. The molecule has 0 radical (unpaired) electrons. The SMILES string of the molecule is O=C(NCC1CCN(CCCCC2(C(=O)NCC(F)(F)F)c3ccccc3-c3ccccc32)CC1)c1ccccc1-c1ccc(C(F)(F)F)cc1. The molecule has 1 fully saturated rings. The van der Waals surface area contributed by atoms with Crippen LogP contribution in [0.1, 0.15) is 59.2 Å². The summed E-state index contributed by atoms with van der Waals surface area (Å²) in [4.78, 5) is 29.2. The number of piperidine rings is 1. The molecule has 51 heavy (non-hydrogen) atoms. The Morgan fingerprint density at radius 1 is 0.706 bits per heavy atom. The highest BCUT2D eigenvalue weighted by molar-refractivity contribution is 6.01. The molecule has 5 nitrogen and oxygen atoms in total. The van der Waals surface area contributed by atoms with E-state index >= 15 is 0 Å². The molecule has 0 bridgehead atoms. The summed E-state index contributed by atoms with van der Waals surface area (Å²) in [5.41, 5.74) is 2.72. The molecular weight excluding hydrogens is 668 g/mol. The number of rotatable bonds is 11. The van der Waals surface area contributed by atoms with Crippen LogP contribution in [-0.2, 0) is 16.4 Å². The Morgan fingerprint density at radius 3 is 1.86 bits per heavy atom. The minimum Gasteiger partial charge on any atom is -0.352 e. The van der Waals surface area contributed by atoms with Gasteiger partial charge in [-0.3, -0.25) is 9.59 Å². The largest absolute Gasteiger partial charge is 0.416 e. The van der Waals surface area contributed by atoms with E-state index in [4.69, 9.17) is 0 Å². The number of likely N-dealkylation sites (tertiary alicyclic amines) is 1. The van der Waals surface area contributed by atoms with Crippen molar-refractivity contribution in [3.63, 3.8) is 0 Å². The first-order chi connectivity index (χ1) is 24.4. The van der Waals surface area contributed by atoms with Crippen molar-refractivity contribution in [1.29, 1.82) is 0 Å². The normalized spacial score (nSPS) is 16.0. The van der Waals surface area contributed by atoms with Crippen LogP contribution in [0.3, 0.4) is 0 Å². The number of alkyl halides is 6. The standard InChI is InChI=1S/C40H39F6N3O2/c41-39(42,43)26-48-37(51)38(34-13-5-3-10-31(34)32-11-4-6-14-35(32)38)21-7-8-22-49-23-19-27(20-24-49)25-47-36(50)33-12-2-1-9-30(33)28-15-17-29(18-16-28)40(44,45)46/h1-6,9-18,27H,7-8,19-26H2,(H,47,50)(H,48,51). The summed E-state index contributed by atoms with van der Waals surface area (Å²) < 4.78 is 78.7. The third-order valence-corrected chi connectivity index (χ3v) is 10.1. The van der Waals surface area contributed by atoms with E-state index in [1.807, 2.05) is 48.5 Å². The van der Waals surface area contributed by atoms with E-state index in [2.05, 4.69) is 15.5 Å². The second kappa shape index (κ2) is 14.9. The number of carbonyl (C=O) groups is 2. The molecule has 4 aromatic carbocycles. The van der Waals surface area contributed by atoms with Crippen molar-refractivity contribution in [1.82, 2.24) is 15.5 Å². The lowest BCUT2D eigenvalue weighted by Crippen LogP contribution is -2.47. The molecule has 1 aliphatic carbocycles. The van der Waals surface area contributed by atoms with Crippen LogP contribution in [0.15, 0.2) is 97.1 Å². The van der Waals surface area contributed by atoms with Crippen molar-refractivity contribution in [2.45, 2.75) is 49.9 Å². The van der Waals surface area contributed by atoms with Gasteiger partial charge in [0, 0.05) is 12.1 Å². The Bertz CT molecular complexity index is 1800. The first-order valence-electron chi connectivity index (χ1n) is 17.2. The summed E-state index contributed by atoms with van der Waals surface area (Å²) in [5, 5.41) is 5.21. The Kier molecular flexibility index (Phi) is 10.6. The summed E-state index contributed by atoms with van der Waals surface area (Å²) in [6.45, 7) is 1.52. The summed E-state index contributed by atoms with van der Waals surface area (Å²) in [6, 6.07) is 26.5. The monoisotopic (exact) mass is 707 g/mol. The fraction of sp³-hybridized carbons (Fsp3) is 0.350. The van der Waals surface area contributed by atoms with Crippen molar-refractivity contribution >= 4 is 11.8 Å². The van der Waals surface area contributed by atoms with Gasteiger partial charge in [0.25, 0.3) is 5.91 Å². The number of fused-ring (bicyclic) bond motifs is 3. The molecule has 0 aromatic heterocycles. The Hall–Kier alpha value is -4.64. The molecule has 0 spiro atoms. The van der Waals surface area contributed by atoms with Gasteiger partial charge in [-0.15, -0.1) is 0 Å². The topological polar surface area (TPSA) is 61.4 Å². The second-order valence-electron chi connectivity index (χ2n) is 13.4. The fourth-order valence-electron chi connectivity index (χ4n) is 7.53. The van der Waals surface area contributed by atoms with Crippen LogP contribution < -0.4 is 10.6 Å². The van der Waals surface area contributed by atoms with Crippen molar-refractivity contribution in [2.75, 3.05) is 32.7 Å². The van der Waals surface area contributed by atoms with Gasteiger partial charge in [0.15, 0.2) is 0 Å². The molecule has 0 saturated carbocycles. The number of benzene rings is 4. The van der Waals surface area contributed by atoms with E-state index < -0.39 is 35.8 Å².